The molecule has 90 valence electrons. The van der Waals surface area contributed by atoms with Gasteiger partial charge in [0, 0.05) is 18.9 Å². The van der Waals surface area contributed by atoms with E-state index in [-0.39, 0.29) is 0 Å². The minimum Gasteiger partial charge on any atom is -0.354 e. The van der Waals surface area contributed by atoms with Crippen LogP contribution in [0.25, 0.3) is 5.82 Å². The van der Waals surface area contributed by atoms with Gasteiger partial charge in [0.2, 0.25) is 5.95 Å². The number of hydrogen-bond acceptors (Lipinski definition) is 4. The molecule has 17 heavy (non-hydrogen) atoms. The van der Waals surface area contributed by atoms with Gasteiger partial charge >= 0.3 is 0 Å². The van der Waals surface area contributed by atoms with Crippen LogP contribution in [0.4, 0.5) is 5.95 Å². The van der Waals surface area contributed by atoms with Crippen molar-refractivity contribution in [1.82, 2.24) is 19.5 Å². The number of nitrogens with one attached hydrogen (secondary N) is 1. The van der Waals surface area contributed by atoms with Gasteiger partial charge in [-0.3, -0.25) is 4.57 Å². The maximum absolute atomic E-state index is 6.09. The molecule has 2 heterocycles. The Bertz CT molecular complexity index is 508. The number of halogens is 1. The standard InChI is InChI=1S/C11H14ClN5/c1-3-4-14-11-15-7-9(12)10(16-11)17-6-5-13-8(17)2/h5-7H,3-4H2,1-2H3,(H,14,15,16). The van der Waals surface area contributed by atoms with Crippen LogP contribution in [0, 0.1) is 6.92 Å². The van der Waals surface area contributed by atoms with Crippen LogP contribution in [-0.4, -0.2) is 26.1 Å². The number of hydrogen-bond donors (Lipinski definition) is 1. The van der Waals surface area contributed by atoms with Gasteiger partial charge in [0.15, 0.2) is 5.82 Å². The first-order chi connectivity index (χ1) is 8.22. The van der Waals surface area contributed by atoms with E-state index in [2.05, 4.69) is 27.2 Å². The molecule has 0 aromatic carbocycles. The van der Waals surface area contributed by atoms with E-state index in [4.69, 9.17) is 11.6 Å². The van der Waals surface area contributed by atoms with Crippen LogP contribution in [0.1, 0.15) is 19.2 Å². The first kappa shape index (κ1) is 11.9. The van der Waals surface area contributed by atoms with E-state index in [1.807, 2.05) is 17.7 Å². The van der Waals surface area contributed by atoms with Crippen molar-refractivity contribution >= 4 is 17.5 Å². The Kier molecular flexibility index (Phi) is 3.58. The molecule has 0 unspecified atom stereocenters. The SMILES string of the molecule is CCCNc1ncc(Cl)c(-n2ccnc2C)n1. The molecule has 6 heteroatoms. The van der Waals surface area contributed by atoms with Crippen molar-refractivity contribution in [3.8, 4) is 5.82 Å². The zero-order valence-electron chi connectivity index (χ0n) is 9.81. The number of aromatic nitrogens is 4. The molecule has 0 radical (unpaired) electrons. The van der Waals surface area contributed by atoms with Crippen molar-refractivity contribution in [3.05, 3.63) is 29.4 Å². The van der Waals surface area contributed by atoms with Crippen LogP contribution < -0.4 is 5.32 Å². The Morgan fingerprint density at radius 2 is 2.24 bits per heavy atom. The first-order valence-electron chi connectivity index (χ1n) is 5.49. The monoisotopic (exact) mass is 251 g/mol. The Balaban J connectivity index is 2.36. The van der Waals surface area contributed by atoms with E-state index in [0.29, 0.717) is 16.8 Å². The average Bonchev–Trinajstić information content (AvgIpc) is 2.74. The molecule has 2 aromatic heterocycles. The summed E-state index contributed by atoms with van der Waals surface area (Å²) in [6.45, 7) is 4.82. The van der Waals surface area contributed by atoms with Gasteiger partial charge < -0.3 is 5.32 Å². The van der Waals surface area contributed by atoms with Crippen LogP contribution in [0.3, 0.4) is 0 Å². The smallest absolute Gasteiger partial charge is 0.224 e. The van der Waals surface area contributed by atoms with E-state index < -0.39 is 0 Å². The second-order valence-corrected chi connectivity index (χ2v) is 4.04. The molecule has 0 aliphatic heterocycles. The molecule has 0 spiro atoms. The highest BCUT2D eigenvalue weighted by Crippen LogP contribution is 2.19. The fourth-order valence-electron chi connectivity index (χ4n) is 1.45. The van der Waals surface area contributed by atoms with Crippen LogP contribution in [0.5, 0.6) is 0 Å². The third-order valence-electron chi connectivity index (χ3n) is 2.31. The Morgan fingerprint density at radius 3 is 2.88 bits per heavy atom. The predicted molar refractivity (Wildman–Crippen MR) is 67.7 cm³/mol. The summed E-state index contributed by atoms with van der Waals surface area (Å²) in [5.74, 6) is 2.07. The number of aryl methyl sites for hydroxylation is 1. The van der Waals surface area contributed by atoms with Gasteiger partial charge in [0.1, 0.15) is 10.8 Å². The van der Waals surface area contributed by atoms with Crippen molar-refractivity contribution in [3.63, 3.8) is 0 Å². The zero-order chi connectivity index (χ0) is 12.3. The molecule has 1 N–H and O–H groups in total. The minimum absolute atomic E-state index is 0.508. The van der Waals surface area contributed by atoms with Gasteiger partial charge in [-0.2, -0.15) is 4.98 Å². The third kappa shape index (κ3) is 2.55. The lowest BCUT2D eigenvalue weighted by Gasteiger charge is -2.08. The van der Waals surface area contributed by atoms with E-state index in [1.165, 1.54) is 0 Å². The summed E-state index contributed by atoms with van der Waals surface area (Å²) >= 11 is 6.09. The molecule has 0 saturated carbocycles. The van der Waals surface area contributed by atoms with Gasteiger partial charge in [-0.25, -0.2) is 9.97 Å². The van der Waals surface area contributed by atoms with Crippen LogP contribution >= 0.6 is 11.6 Å². The van der Waals surface area contributed by atoms with Crippen LogP contribution in [-0.2, 0) is 0 Å². The van der Waals surface area contributed by atoms with E-state index in [0.717, 1.165) is 18.8 Å². The second-order valence-electron chi connectivity index (χ2n) is 3.64. The molecule has 0 aliphatic rings. The van der Waals surface area contributed by atoms with Crippen LogP contribution in [0.2, 0.25) is 5.02 Å². The number of rotatable bonds is 4. The summed E-state index contributed by atoms with van der Waals surface area (Å²) in [7, 11) is 0. The molecule has 0 aliphatic carbocycles. The lowest BCUT2D eigenvalue weighted by Crippen LogP contribution is -2.08. The fourth-order valence-corrected chi connectivity index (χ4v) is 1.63. The quantitative estimate of drug-likeness (QED) is 0.907. The number of anilines is 1. The summed E-state index contributed by atoms with van der Waals surface area (Å²) in [5, 5.41) is 3.64. The van der Waals surface area contributed by atoms with Gasteiger partial charge in [0.05, 0.1) is 6.20 Å². The number of nitrogens with zero attached hydrogens (tertiary/aromatic N) is 4. The normalized spacial score (nSPS) is 10.5. The Morgan fingerprint density at radius 1 is 1.41 bits per heavy atom. The second kappa shape index (κ2) is 5.14. The Labute approximate surface area is 105 Å². The van der Waals surface area contributed by atoms with Crippen molar-refractivity contribution in [1.29, 1.82) is 0 Å². The predicted octanol–water partition coefficient (Wildman–Crippen LogP) is 2.45. The van der Waals surface area contributed by atoms with Gasteiger partial charge in [-0.05, 0) is 13.3 Å². The molecular formula is C11H14ClN5. The lowest BCUT2D eigenvalue weighted by molar-refractivity contribution is 0.903. The first-order valence-corrected chi connectivity index (χ1v) is 5.87. The van der Waals surface area contributed by atoms with Gasteiger partial charge in [-0.15, -0.1) is 0 Å². The maximum Gasteiger partial charge on any atom is 0.224 e. The summed E-state index contributed by atoms with van der Waals surface area (Å²) in [6, 6.07) is 0. The molecule has 2 aromatic rings. The molecule has 0 saturated heterocycles. The van der Waals surface area contributed by atoms with E-state index >= 15 is 0 Å². The van der Waals surface area contributed by atoms with Gasteiger partial charge in [0.25, 0.3) is 0 Å². The van der Waals surface area contributed by atoms with E-state index in [9.17, 15) is 0 Å². The topological polar surface area (TPSA) is 55.6 Å². The summed E-state index contributed by atoms with van der Waals surface area (Å²) < 4.78 is 1.83. The average molecular weight is 252 g/mol. The molecule has 0 fully saturated rings. The molecular weight excluding hydrogens is 238 g/mol. The van der Waals surface area contributed by atoms with Crippen LogP contribution in [0.15, 0.2) is 18.6 Å². The van der Waals surface area contributed by atoms with Crippen molar-refractivity contribution in [2.24, 2.45) is 0 Å². The number of imidazole rings is 1. The highest BCUT2D eigenvalue weighted by Gasteiger charge is 2.09. The maximum atomic E-state index is 6.09. The largest absolute Gasteiger partial charge is 0.354 e. The lowest BCUT2D eigenvalue weighted by atomic mass is 10.5. The minimum atomic E-state index is 0.508. The zero-order valence-corrected chi connectivity index (χ0v) is 10.6. The summed E-state index contributed by atoms with van der Waals surface area (Å²) in [4.78, 5) is 12.7. The molecule has 2 rings (SSSR count). The Hall–Kier alpha value is -1.62. The molecule has 0 amide bonds. The molecule has 0 atom stereocenters. The highest BCUT2D eigenvalue weighted by molar-refractivity contribution is 6.32. The summed E-state index contributed by atoms with van der Waals surface area (Å²) in [5.41, 5.74) is 0. The summed E-state index contributed by atoms with van der Waals surface area (Å²) in [6.07, 6.45) is 6.16. The van der Waals surface area contributed by atoms with Crippen molar-refractivity contribution in [2.45, 2.75) is 20.3 Å². The highest BCUT2D eigenvalue weighted by atomic mass is 35.5. The van der Waals surface area contributed by atoms with Crippen molar-refractivity contribution < 1.29 is 0 Å². The molecule has 0 bridgehead atoms. The van der Waals surface area contributed by atoms with E-state index in [1.54, 1.807) is 12.4 Å². The van der Waals surface area contributed by atoms with Gasteiger partial charge in [-0.1, -0.05) is 18.5 Å². The van der Waals surface area contributed by atoms with Crippen molar-refractivity contribution in [2.75, 3.05) is 11.9 Å². The fraction of sp³-hybridized carbons (Fsp3) is 0.364. The molecule has 5 nitrogen and oxygen atoms in total. The third-order valence-corrected chi connectivity index (χ3v) is 2.58.